The molecule has 26 heteroatoms. The normalized spacial score (nSPS) is 56.1. The summed E-state index contributed by atoms with van der Waals surface area (Å²) in [4.78, 5) is 15.5. The lowest BCUT2D eigenvalue weighted by Gasteiger charge is -2.72. The van der Waals surface area contributed by atoms with Gasteiger partial charge in [0, 0.05) is 5.41 Å². The number of hydrogen-bond donors (Lipinski definition) is 15. The lowest BCUT2D eigenvalue weighted by atomic mass is 9.33. The molecule has 15 N–H and O–H groups in total. The number of carbonyl (C=O) groups is 1. The first-order chi connectivity index (χ1) is 39.7. The van der Waals surface area contributed by atoms with E-state index in [2.05, 4.69) is 40.7 Å². The summed E-state index contributed by atoms with van der Waals surface area (Å²) in [6.07, 6.45) is -32.7. The van der Waals surface area contributed by atoms with Gasteiger partial charge in [0.05, 0.1) is 50.3 Å². The van der Waals surface area contributed by atoms with Gasteiger partial charge in [-0.2, -0.15) is 0 Å². The molecule has 0 aromatic heterocycles. The van der Waals surface area contributed by atoms with Gasteiger partial charge < -0.3 is 124 Å². The highest BCUT2D eigenvalue weighted by molar-refractivity contribution is 5.80. The van der Waals surface area contributed by atoms with Crippen LogP contribution in [0.4, 0.5) is 0 Å². The topological polar surface area (TPSA) is 413 Å². The minimum absolute atomic E-state index is 0.0293. The van der Waals surface area contributed by atoms with Crippen LogP contribution in [0.5, 0.6) is 0 Å². The summed E-state index contributed by atoms with van der Waals surface area (Å²) < 4.78 is 59.7. The van der Waals surface area contributed by atoms with Gasteiger partial charge in [-0.15, -0.1) is 0 Å². The molecule has 0 aromatic rings. The quantitative estimate of drug-likeness (QED) is 0.0544. The van der Waals surface area contributed by atoms with Crippen molar-refractivity contribution in [3.8, 4) is 0 Å². The minimum atomic E-state index is -1.97. The number of hydrogen-bond acceptors (Lipinski definition) is 26. The van der Waals surface area contributed by atoms with Gasteiger partial charge in [0.15, 0.2) is 31.3 Å². The van der Waals surface area contributed by atoms with Crippen LogP contribution in [0.15, 0.2) is 11.6 Å². The second-order valence-corrected chi connectivity index (χ2v) is 28.5. The first-order valence-corrected chi connectivity index (χ1v) is 30.6. The number of esters is 1. The molecule has 5 saturated heterocycles. The Labute approximate surface area is 494 Å². The van der Waals surface area contributed by atoms with Gasteiger partial charge in [0.25, 0.3) is 0 Å². The average Bonchev–Trinajstić information content (AvgIpc) is 1.16. The second kappa shape index (κ2) is 24.1. The third-order valence-corrected chi connectivity index (χ3v) is 23.2. The molecule has 34 atom stereocenters. The van der Waals surface area contributed by atoms with E-state index in [4.69, 9.17) is 47.4 Å². The fourth-order valence-electron chi connectivity index (χ4n) is 17.7. The van der Waals surface area contributed by atoms with Gasteiger partial charge in [-0.05, 0) is 118 Å². The Morgan fingerprint density at radius 2 is 1.12 bits per heavy atom. The van der Waals surface area contributed by atoms with E-state index in [-0.39, 0.29) is 42.1 Å². The fraction of sp³-hybridized carbons (Fsp3) is 0.949. The Hall–Kier alpha value is -1.75. The molecule has 0 amide bonds. The zero-order valence-electron chi connectivity index (χ0n) is 50.0. The Balaban J connectivity index is 0.858. The van der Waals surface area contributed by atoms with Crippen LogP contribution >= 0.6 is 0 Å². The predicted molar refractivity (Wildman–Crippen MR) is 288 cm³/mol. The summed E-state index contributed by atoms with van der Waals surface area (Å²) in [6.45, 7) is 16.0. The number of rotatable bonds is 12. The van der Waals surface area contributed by atoms with Crippen molar-refractivity contribution >= 4 is 5.97 Å². The third kappa shape index (κ3) is 10.8. The largest absolute Gasteiger partial charge is 0.432 e. The van der Waals surface area contributed by atoms with Gasteiger partial charge in [-0.3, -0.25) is 4.79 Å². The van der Waals surface area contributed by atoms with E-state index in [0.29, 0.717) is 44.9 Å². The number of ether oxygens (including phenoxy) is 10. The second-order valence-electron chi connectivity index (χ2n) is 28.5. The molecule has 5 aliphatic heterocycles. The van der Waals surface area contributed by atoms with Crippen LogP contribution in [0, 0.1) is 50.2 Å². The summed E-state index contributed by atoms with van der Waals surface area (Å²) >= 11 is 0. The summed E-state index contributed by atoms with van der Waals surface area (Å²) in [5.74, 6) is -1.41. The highest BCUT2D eigenvalue weighted by Gasteiger charge is 2.73. The van der Waals surface area contributed by atoms with Crippen LogP contribution in [0.1, 0.15) is 120 Å². The SMILES string of the molecule is CC1OC(OC2C(O)COC(OC3C(C)OC(OC4C(OC(=O)C56CCC(C)(C)CC5C5=CCC7C8(C)CCC(OC9OC(CO)C(O)C(O)C9O)C(C)(CO)C8CCC7(C)C5(C)CC6O)OC(C)C(O)C4O)C(O)C3O)C2O)C(O)C(O)C1O. The Bertz CT molecular complexity index is 2390. The smallest absolute Gasteiger partial charge is 0.317 e. The monoisotopic (exact) mass is 1220 g/mol. The van der Waals surface area contributed by atoms with Crippen LogP contribution in [0.3, 0.4) is 0 Å². The number of aliphatic hydroxyl groups is 15. The fourth-order valence-corrected chi connectivity index (χ4v) is 17.7. The molecular weight excluding hydrogens is 1120 g/mol. The van der Waals surface area contributed by atoms with E-state index in [1.54, 1.807) is 0 Å². The van der Waals surface area contributed by atoms with Gasteiger partial charge in [0.2, 0.25) is 6.29 Å². The molecule has 5 heterocycles. The summed E-state index contributed by atoms with van der Waals surface area (Å²) in [7, 11) is 0. The molecule has 0 bridgehead atoms. The maximum absolute atomic E-state index is 15.5. The number of allylic oxidation sites excluding steroid dienone is 2. The van der Waals surface area contributed by atoms with E-state index in [0.717, 1.165) is 5.57 Å². The Morgan fingerprint density at radius 1 is 0.553 bits per heavy atom. The van der Waals surface area contributed by atoms with Crippen LogP contribution in [0.2, 0.25) is 0 Å². The molecule has 9 fully saturated rings. The van der Waals surface area contributed by atoms with Crippen LogP contribution in [-0.2, 0) is 52.2 Å². The van der Waals surface area contributed by atoms with E-state index in [9.17, 15) is 76.6 Å². The first-order valence-electron chi connectivity index (χ1n) is 30.6. The molecule has 4 saturated carbocycles. The van der Waals surface area contributed by atoms with Crippen molar-refractivity contribution in [3.63, 3.8) is 0 Å². The number of carbonyl (C=O) groups excluding carboxylic acids is 1. The number of aliphatic hydroxyl groups excluding tert-OH is 15. The molecule has 34 unspecified atom stereocenters. The molecule has 0 radical (unpaired) electrons. The standard InChI is InChI=1S/C59H96O26/c1-23-34(64)37(67)41(71)49(77-23)83-46-28(62)21-76-48(44(46)74)82-45-25(3)79-50(43(73)40(45)70)84-47-39(69)35(65)24(2)78-52(47)85-53(75)59-17-16-54(4,5)18-27(59)26-10-11-31-55(6)14-13-33(81-51-42(72)38(68)36(66)29(20-60)80-51)56(7,22-61)30(55)12-15-57(31,8)58(26,9)19-32(59)63/h10,23-25,27-52,60-74H,11-22H2,1-9H3. The van der Waals surface area contributed by atoms with Crippen molar-refractivity contribution in [2.45, 2.75) is 280 Å². The maximum Gasteiger partial charge on any atom is 0.317 e. The average molecular weight is 1220 g/mol. The summed E-state index contributed by atoms with van der Waals surface area (Å²) in [5, 5.41) is 166. The van der Waals surface area contributed by atoms with Crippen LogP contribution in [0.25, 0.3) is 0 Å². The van der Waals surface area contributed by atoms with Gasteiger partial charge in [-0.25, -0.2) is 0 Å². The molecule has 26 nitrogen and oxygen atoms in total. The molecule has 0 spiro atoms. The molecule has 488 valence electrons. The maximum atomic E-state index is 15.5. The molecule has 0 aromatic carbocycles. The Kier molecular flexibility index (Phi) is 18.7. The van der Waals surface area contributed by atoms with E-state index in [1.165, 1.54) is 20.8 Å². The lowest BCUT2D eigenvalue weighted by Crippen LogP contribution is -2.69. The zero-order chi connectivity index (χ0) is 62.2. The summed E-state index contributed by atoms with van der Waals surface area (Å²) in [6, 6.07) is 0. The van der Waals surface area contributed by atoms with Crippen LogP contribution < -0.4 is 0 Å². The van der Waals surface area contributed by atoms with Crippen molar-refractivity contribution in [3.05, 3.63) is 11.6 Å². The minimum Gasteiger partial charge on any atom is -0.432 e. The van der Waals surface area contributed by atoms with Crippen LogP contribution in [-0.4, -0.2) is 262 Å². The van der Waals surface area contributed by atoms with E-state index in [1.807, 2.05) is 6.92 Å². The predicted octanol–water partition coefficient (Wildman–Crippen LogP) is -2.55. The number of fused-ring (bicyclic) bond motifs is 7. The van der Waals surface area contributed by atoms with Crippen molar-refractivity contribution < 1.29 is 129 Å². The third-order valence-electron chi connectivity index (χ3n) is 23.2. The highest BCUT2D eigenvalue weighted by atomic mass is 16.8. The van der Waals surface area contributed by atoms with Crippen molar-refractivity contribution in [1.29, 1.82) is 0 Å². The van der Waals surface area contributed by atoms with Gasteiger partial charge in [0.1, 0.15) is 97.0 Å². The highest BCUT2D eigenvalue weighted by Crippen LogP contribution is 2.76. The van der Waals surface area contributed by atoms with Gasteiger partial charge >= 0.3 is 5.97 Å². The van der Waals surface area contributed by atoms with E-state index >= 15 is 4.79 Å². The summed E-state index contributed by atoms with van der Waals surface area (Å²) in [5.41, 5.74) is -3.09. The lowest BCUT2D eigenvalue weighted by molar-refractivity contribution is -0.380. The molecule has 10 aliphatic rings. The van der Waals surface area contributed by atoms with Crippen molar-refractivity contribution in [1.82, 2.24) is 0 Å². The molecular formula is C59H96O26. The van der Waals surface area contributed by atoms with E-state index < -0.39 is 206 Å². The van der Waals surface area contributed by atoms with Crippen molar-refractivity contribution in [2.75, 3.05) is 19.8 Å². The molecule has 85 heavy (non-hydrogen) atoms. The van der Waals surface area contributed by atoms with Crippen molar-refractivity contribution in [2.24, 2.45) is 50.2 Å². The zero-order valence-corrected chi connectivity index (χ0v) is 50.0. The molecule has 5 aliphatic carbocycles. The Morgan fingerprint density at radius 3 is 1.76 bits per heavy atom. The first kappa shape index (κ1) is 66.2. The van der Waals surface area contributed by atoms with Gasteiger partial charge in [-0.1, -0.05) is 53.2 Å². The molecule has 10 rings (SSSR count).